The van der Waals surface area contributed by atoms with Crippen LogP contribution in [0, 0.1) is 0 Å². The summed E-state index contributed by atoms with van der Waals surface area (Å²) in [5, 5.41) is 17.7. The van der Waals surface area contributed by atoms with Gasteiger partial charge in [0.1, 0.15) is 5.75 Å². The van der Waals surface area contributed by atoms with Gasteiger partial charge >= 0.3 is 0 Å². The van der Waals surface area contributed by atoms with Gasteiger partial charge in [-0.1, -0.05) is 0 Å². The normalized spacial score (nSPS) is 19.5. The fourth-order valence-electron chi connectivity index (χ4n) is 4.05. The number of phenols is 1. The summed E-state index contributed by atoms with van der Waals surface area (Å²) < 4.78 is 1.89. The Morgan fingerprint density at radius 2 is 1.96 bits per heavy atom. The van der Waals surface area contributed by atoms with Gasteiger partial charge in [-0.15, -0.1) is 0 Å². The average molecular weight is 325 g/mol. The Labute approximate surface area is 141 Å². The van der Waals surface area contributed by atoms with E-state index in [0.29, 0.717) is 5.56 Å². The molecule has 0 unspecified atom stereocenters. The van der Waals surface area contributed by atoms with Crippen molar-refractivity contribution in [1.29, 1.82) is 0 Å². The number of nitrogens with one attached hydrogen (secondary N) is 1. The zero-order valence-corrected chi connectivity index (χ0v) is 14.0. The van der Waals surface area contributed by atoms with E-state index < -0.39 is 0 Å². The van der Waals surface area contributed by atoms with Crippen LogP contribution in [-0.2, 0) is 26.3 Å². The van der Waals surface area contributed by atoms with Crippen molar-refractivity contribution < 1.29 is 9.90 Å². The molecular weight excluding hydrogens is 302 g/mol. The molecule has 4 rings (SSSR count). The molecule has 1 atom stereocenters. The van der Waals surface area contributed by atoms with E-state index >= 15 is 0 Å². The molecule has 1 amide bonds. The van der Waals surface area contributed by atoms with E-state index in [1.54, 1.807) is 6.07 Å². The highest BCUT2D eigenvalue weighted by molar-refractivity contribution is 5.97. The van der Waals surface area contributed by atoms with Gasteiger partial charge in [-0.3, -0.25) is 9.48 Å². The molecular formula is C19H23N3O2. The van der Waals surface area contributed by atoms with Crippen LogP contribution >= 0.6 is 0 Å². The van der Waals surface area contributed by atoms with Crippen molar-refractivity contribution in [3.05, 3.63) is 46.3 Å². The third kappa shape index (κ3) is 2.58. The Balaban J connectivity index is 1.59. The summed E-state index contributed by atoms with van der Waals surface area (Å²) in [4.78, 5) is 12.7. The van der Waals surface area contributed by atoms with Crippen molar-refractivity contribution in [2.24, 2.45) is 7.05 Å². The van der Waals surface area contributed by atoms with Crippen molar-refractivity contribution in [2.45, 2.75) is 51.0 Å². The fraction of sp³-hybridized carbons (Fsp3) is 0.474. The first-order valence-electron chi connectivity index (χ1n) is 8.80. The minimum absolute atomic E-state index is 0.0228. The number of nitrogens with zero attached hydrogens (tertiary/aromatic N) is 2. The van der Waals surface area contributed by atoms with Crippen LogP contribution in [0.5, 0.6) is 5.75 Å². The molecule has 2 N–H and O–H groups in total. The number of hydrogen-bond donors (Lipinski definition) is 2. The van der Waals surface area contributed by atoms with Crippen LogP contribution < -0.4 is 5.32 Å². The number of aryl methyl sites for hydroxylation is 3. The topological polar surface area (TPSA) is 67.2 Å². The van der Waals surface area contributed by atoms with Crippen molar-refractivity contribution in [1.82, 2.24) is 15.1 Å². The number of amides is 1. The minimum atomic E-state index is -0.192. The standard InChI is InChI=1S/C19H23N3O2/c1-22-17-8-4-7-16(15(17)11-20-22)21-19(24)14-9-12-5-2-3-6-13(12)10-18(14)23/h9-11,16,23H,2-8H2,1H3,(H,21,24)/t16-/m1/s1. The van der Waals surface area contributed by atoms with Gasteiger partial charge in [0.05, 0.1) is 17.8 Å². The lowest BCUT2D eigenvalue weighted by Gasteiger charge is -2.24. The summed E-state index contributed by atoms with van der Waals surface area (Å²) in [5.41, 5.74) is 5.08. The summed E-state index contributed by atoms with van der Waals surface area (Å²) in [6.45, 7) is 0. The molecule has 0 radical (unpaired) electrons. The SMILES string of the molecule is Cn1ncc2c1CCC[C@H]2NC(=O)c1cc2c(cc1O)CCCC2. The summed E-state index contributed by atoms with van der Waals surface area (Å²) in [7, 11) is 1.94. The van der Waals surface area contributed by atoms with Crippen LogP contribution in [0.1, 0.15) is 64.5 Å². The Hall–Kier alpha value is -2.30. The van der Waals surface area contributed by atoms with Crippen LogP contribution in [0.3, 0.4) is 0 Å². The van der Waals surface area contributed by atoms with Crippen molar-refractivity contribution in [3.63, 3.8) is 0 Å². The van der Waals surface area contributed by atoms with Crippen LogP contribution in [0.15, 0.2) is 18.3 Å². The van der Waals surface area contributed by atoms with Crippen LogP contribution in [0.25, 0.3) is 0 Å². The predicted octanol–water partition coefficient (Wildman–Crippen LogP) is 2.81. The largest absolute Gasteiger partial charge is 0.507 e. The number of carbonyl (C=O) groups is 1. The van der Waals surface area contributed by atoms with Gasteiger partial charge in [0.2, 0.25) is 0 Å². The Morgan fingerprint density at radius 3 is 2.75 bits per heavy atom. The monoisotopic (exact) mass is 325 g/mol. The van der Waals surface area contributed by atoms with Crippen molar-refractivity contribution in [2.75, 3.05) is 0 Å². The summed E-state index contributed by atoms with van der Waals surface area (Å²) in [5.74, 6) is -0.0991. The highest BCUT2D eigenvalue weighted by atomic mass is 16.3. The second-order valence-electron chi connectivity index (χ2n) is 6.93. The maximum atomic E-state index is 12.7. The van der Waals surface area contributed by atoms with E-state index in [-0.39, 0.29) is 17.7 Å². The van der Waals surface area contributed by atoms with E-state index in [9.17, 15) is 9.90 Å². The minimum Gasteiger partial charge on any atom is -0.507 e. The molecule has 2 aliphatic rings. The first-order valence-corrected chi connectivity index (χ1v) is 8.80. The molecule has 0 saturated carbocycles. The smallest absolute Gasteiger partial charge is 0.255 e. The molecule has 0 spiro atoms. The first kappa shape index (κ1) is 15.2. The number of benzene rings is 1. The Bertz CT molecular complexity index is 794. The number of aromatic hydroxyl groups is 1. The van der Waals surface area contributed by atoms with E-state index in [1.807, 2.05) is 24.0 Å². The van der Waals surface area contributed by atoms with Crippen LogP contribution in [0.2, 0.25) is 0 Å². The van der Waals surface area contributed by atoms with Gasteiger partial charge in [-0.25, -0.2) is 0 Å². The van der Waals surface area contributed by atoms with E-state index in [4.69, 9.17) is 0 Å². The molecule has 0 saturated heterocycles. The first-order chi connectivity index (χ1) is 11.6. The van der Waals surface area contributed by atoms with E-state index in [0.717, 1.165) is 50.5 Å². The lowest BCUT2D eigenvalue weighted by Crippen LogP contribution is -2.31. The van der Waals surface area contributed by atoms with E-state index in [1.165, 1.54) is 16.8 Å². The van der Waals surface area contributed by atoms with Crippen LogP contribution in [-0.4, -0.2) is 20.8 Å². The molecule has 1 aromatic carbocycles. The zero-order chi connectivity index (χ0) is 16.7. The second-order valence-corrected chi connectivity index (χ2v) is 6.93. The number of fused-ring (bicyclic) bond motifs is 2. The predicted molar refractivity (Wildman–Crippen MR) is 91.1 cm³/mol. The van der Waals surface area contributed by atoms with Gasteiger partial charge in [0.15, 0.2) is 0 Å². The maximum absolute atomic E-state index is 12.7. The van der Waals surface area contributed by atoms with Gasteiger partial charge in [0.25, 0.3) is 5.91 Å². The molecule has 5 nitrogen and oxygen atoms in total. The quantitative estimate of drug-likeness (QED) is 0.892. The molecule has 24 heavy (non-hydrogen) atoms. The Kier molecular flexibility index (Phi) is 3.79. The molecule has 0 fully saturated rings. The molecule has 1 heterocycles. The van der Waals surface area contributed by atoms with Gasteiger partial charge in [-0.2, -0.15) is 5.10 Å². The van der Waals surface area contributed by atoms with Crippen molar-refractivity contribution in [3.8, 4) is 5.75 Å². The van der Waals surface area contributed by atoms with Gasteiger partial charge < -0.3 is 10.4 Å². The molecule has 0 aliphatic heterocycles. The highest BCUT2D eigenvalue weighted by Crippen LogP contribution is 2.32. The second kappa shape index (κ2) is 5.96. The van der Waals surface area contributed by atoms with E-state index in [2.05, 4.69) is 10.4 Å². The molecule has 1 aromatic heterocycles. The number of hydrogen-bond acceptors (Lipinski definition) is 3. The lowest BCUT2D eigenvalue weighted by molar-refractivity contribution is 0.0930. The van der Waals surface area contributed by atoms with Crippen molar-refractivity contribution >= 4 is 5.91 Å². The summed E-state index contributed by atoms with van der Waals surface area (Å²) in [6, 6.07) is 3.64. The molecule has 2 aliphatic carbocycles. The number of carbonyl (C=O) groups excluding carboxylic acids is 1. The molecule has 126 valence electrons. The Morgan fingerprint density at radius 1 is 1.21 bits per heavy atom. The summed E-state index contributed by atoms with van der Waals surface area (Å²) in [6.07, 6.45) is 9.10. The third-order valence-electron chi connectivity index (χ3n) is 5.39. The maximum Gasteiger partial charge on any atom is 0.255 e. The highest BCUT2D eigenvalue weighted by Gasteiger charge is 2.26. The number of aromatic nitrogens is 2. The molecule has 5 heteroatoms. The van der Waals surface area contributed by atoms with Gasteiger partial charge in [0, 0.05) is 18.3 Å². The average Bonchev–Trinajstić information content (AvgIpc) is 2.96. The van der Waals surface area contributed by atoms with Gasteiger partial charge in [-0.05, 0) is 68.2 Å². The zero-order valence-electron chi connectivity index (χ0n) is 14.0. The summed E-state index contributed by atoms with van der Waals surface area (Å²) >= 11 is 0. The number of rotatable bonds is 2. The van der Waals surface area contributed by atoms with Crippen LogP contribution in [0.4, 0.5) is 0 Å². The number of phenolic OH excluding ortho intramolecular Hbond substituents is 1. The third-order valence-corrected chi connectivity index (χ3v) is 5.39. The molecule has 0 bridgehead atoms. The fourth-order valence-corrected chi connectivity index (χ4v) is 4.05. The lowest BCUT2D eigenvalue weighted by atomic mass is 9.89. The molecule has 2 aromatic rings.